The molecule has 0 bridgehead atoms. The zero-order valence-corrected chi connectivity index (χ0v) is 21.0. The molecule has 3 atom stereocenters. The average molecular weight is 568 g/mol. The molecule has 2 fully saturated rings. The van der Waals surface area contributed by atoms with E-state index in [1.165, 1.54) is 40.9 Å². The van der Waals surface area contributed by atoms with E-state index in [2.05, 4.69) is 11.1 Å². The highest BCUT2D eigenvalue weighted by Crippen LogP contribution is 2.94. The second kappa shape index (κ2) is 6.72. The Morgan fingerprint density at radius 1 is 0.872 bits per heavy atom. The number of nitriles is 2. The summed E-state index contributed by atoms with van der Waals surface area (Å²) in [5.41, 5.74) is 1.25. The maximum atomic E-state index is 13.7. The van der Waals surface area contributed by atoms with Crippen molar-refractivity contribution in [2.75, 3.05) is 0 Å². The molecule has 8 rings (SSSR count). The van der Waals surface area contributed by atoms with Gasteiger partial charge < -0.3 is 0 Å². The van der Waals surface area contributed by atoms with Crippen molar-refractivity contribution in [3.8, 4) is 34.5 Å². The zero-order valence-electron chi connectivity index (χ0n) is 19.4. The van der Waals surface area contributed by atoms with Gasteiger partial charge in [0, 0.05) is 38.8 Å². The number of alkyl halides is 6. The van der Waals surface area contributed by atoms with Gasteiger partial charge in [0.2, 0.25) is 6.19 Å². The number of fused-ring (bicyclic) bond motifs is 14. The maximum absolute atomic E-state index is 13.7. The van der Waals surface area contributed by atoms with E-state index < -0.39 is 28.9 Å². The van der Waals surface area contributed by atoms with Crippen LogP contribution in [-0.2, 0) is 17.8 Å². The van der Waals surface area contributed by atoms with Gasteiger partial charge >= 0.3 is 12.4 Å². The smallest absolute Gasteiger partial charge is 0.198 e. The Labute approximate surface area is 224 Å². The quantitative estimate of drug-likeness (QED) is 0.151. The molecule has 2 aromatic carbocycles. The van der Waals surface area contributed by atoms with Crippen LogP contribution in [-0.4, -0.2) is 5.71 Å². The van der Waals surface area contributed by atoms with Crippen molar-refractivity contribution < 1.29 is 26.3 Å². The molecule has 0 aliphatic heterocycles. The number of thiophene rings is 2. The van der Waals surface area contributed by atoms with E-state index in [4.69, 9.17) is 0 Å². The second-order valence-electron chi connectivity index (χ2n) is 10.4. The summed E-state index contributed by atoms with van der Waals surface area (Å²) in [6.45, 7) is 0. The van der Waals surface area contributed by atoms with Crippen molar-refractivity contribution in [1.82, 2.24) is 0 Å². The minimum Gasteiger partial charge on any atom is -0.198 e. The lowest BCUT2D eigenvalue weighted by Gasteiger charge is -2.24. The lowest BCUT2D eigenvalue weighted by atomic mass is 9.81. The van der Waals surface area contributed by atoms with Gasteiger partial charge in [-0.05, 0) is 53.3 Å². The van der Waals surface area contributed by atoms with Crippen LogP contribution in [0.25, 0.3) is 31.7 Å². The van der Waals surface area contributed by atoms with Gasteiger partial charge in [0.25, 0.3) is 0 Å². The summed E-state index contributed by atoms with van der Waals surface area (Å²) in [5, 5.41) is 18.9. The van der Waals surface area contributed by atoms with Gasteiger partial charge in [0.15, 0.2) is 0 Å². The van der Waals surface area contributed by atoms with Crippen LogP contribution in [0.2, 0.25) is 0 Å². The average Bonchev–Trinajstić information content (AvgIpc) is 3.42. The number of nitrogens with zero attached hydrogens (tertiary/aromatic N) is 3. The minimum absolute atomic E-state index is 0.0891. The number of aliphatic imine (C=N–C) groups is 1. The van der Waals surface area contributed by atoms with Crippen molar-refractivity contribution in [2.45, 2.75) is 30.6 Å². The molecule has 0 N–H and O–H groups in total. The molecule has 4 aliphatic carbocycles. The molecule has 1 spiro atoms. The molecule has 4 aromatic rings. The Hall–Kier alpha value is -3.67. The molecule has 39 heavy (non-hydrogen) atoms. The highest BCUT2D eigenvalue weighted by atomic mass is 32.1. The van der Waals surface area contributed by atoms with Gasteiger partial charge in [-0.1, -0.05) is 12.1 Å². The van der Waals surface area contributed by atoms with Crippen molar-refractivity contribution in [1.29, 1.82) is 10.5 Å². The van der Waals surface area contributed by atoms with E-state index in [0.29, 0.717) is 27.1 Å². The number of rotatable bonds is 1. The van der Waals surface area contributed by atoms with Crippen molar-refractivity contribution in [3.05, 3.63) is 68.4 Å². The van der Waals surface area contributed by atoms with Gasteiger partial charge in [-0.15, -0.1) is 22.7 Å². The fraction of sp³-hybridized carbons (Fsp3) is 0.250. The van der Waals surface area contributed by atoms with E-state index in [0.717, 1.165) is 44.5 Å². The first-order chi connectivity index (χ1) is 18.5. The van der Waals surface area contributed by atoms with Crippen molar-refractivity contribution in [3.63, 3.8) is 0 Å². The SMILES string of the molecule is N#CCC12CC1C21c2cc(C(F)(F)F)ccc2-c2c1sc1c3c(sc21)C(=NC#N)c1cc(C(F)(F)F)ccc1-3. The fourth-order valence-corrected chi connectivity index (χ4v) is 10.5. The molecule has 3 unspecified atom stereocenters. The summed E-state index contributed by atoms with van der Waals surface area (Å²) in [6.07, 6.45) is -6.33. The standard InChI is InChI=1S/C28H11F6N3S2/c29-27(30,31)11-1-3-13-15(7-11)20(37-10-36)21-18(13)22-23(38-21)19-14-4-2-12(28(32,33)34)8-16(14)26(24(19)39-22)17-9-25(17,26)5-6-35/h1-4,7-8,17H,5,9H2. The Morgan fingerprint density at radius 3 is 2.18 bits per heavy atom. The number of hydrogen-bond donors (Lipinski definition) is 0. The predicted octanol–water partition coefficient (Wildman–Crippen LogP) is 8.50. The van der Waals surface area contributed by atoms with Gasteiger partial charge in [0.1, 0.15) is 5.71 Å². The number of halogens is 6. The fourth-order valence-electron chi connectivity index (χ4n) is 7.16. The molecule has 0 radical (unpaired) electrons. The Bertz CT molecular complexity index is 1950. The van der Waals surface area contributed by atoms with Crippen LogP contribution in [0, 0.1) is 34.1 Å². The third-order valence-electron chi connectivity index (χ3n) is 8.86. The zero-order chi connectivity index (χ0) is 27.3. The Kier molecular flexibility index (Phi) is 4.00. The molecule has 2 aromatic heterocycles. The Morgan fingerprint density at radius 2 is 1.54 bits per heavy atom. The molecule has 0 saturated heterocycles. The molecular weight excluding hydrogens is 556 g/mol. The summed E-state index contributed by atoms with van der Waals surface area (Å²) in [6, 6.07) is 9.48. The normalized spacial score (nSPS) is 26.2. The summed E-state index contributed by atoms with van der Waals surface area (Å²) >= 11 is 2.76. The molecule has 11 heteroatoms. The Balaban J connectivity index is 1.40. The molecule has 3 nitrogen and oxygen atoms in total. The van der Waals surface area contributed by atoms with Crippen LogP contribution in [0.4, 0.5) is 26.3 Å². The summed E-state index contributed by atoms with van der Waals surface area (Å²) in [7, 11) is 0. The van der Waals surface area contributed by atoms with E-state index in [1.807, 2.05) is 0 Å². The van der Waals surface area contributed by atoms with E-state index in [1.54, 1.807) is 6.19 Å². The largest absolute Gasteiger partial charge is 0.416 e. The van der Waals surface area contributed by atoms with Crippen LogP contribution in [0.1, 0.15) is 44.8 Å². The van der Waals surface area contributed by atoms with Gasteiger partial charge in [0.05, 0.1) is 31.5 Å². The van der Waals surface area contributed by atoms with E-state index >= 15 is 0 Å². The van der Waals surface area contributed by atoms with Gasteiger partial charge in [-0.25, -0.2) is 0 Å². The van der Waals surface area contributed by atoms with Crippen LogP contribution in [0.5, 0.6) is 0 Å². The highest BCUT2D eigenvalue weighted by Gasteiger charge is 2.91. The van der Waals surface area contributed by atoms with E-state index in [9.17, 15) is 36.9 Å². The molecule has 2 saturated carbocycles. The highest BCUT2D eigenvalue weighted by molar-refractivity contribution is 7.31. The number of benzene rings is 2. The summed E-state index contributed by atoms with van der Waals surface area (Å²) in [5.74, 6) is 0.0891. The lowest BCUT2D eigenvalue weighted by molar-refractivity contribution is -0.138. The molecule has 4 aliphatic rings. The predicted molar refractivity (Wildman–Crippen MR) is 133 cm³/mol. The van der Waals surface area contributed by atoms with Gasteiger partial charge in [-0.2, -0.15) is 41.9 Å². The topological polar surface area (TPSA) is 59.9 Å². The minimum atomic E-state index is -4.56. The maximum Gasteiger partial charge on any atom is 0.416 e. The number of hydrogen-bond acceptors (Lipinski definition) is 5. The summed E-state index contributed by atoms with van der Waals surface area (Å²) in [4.78, 5) is 5.40. The first kappa shape index (κ1) is 23.2. The van der Waals surface area contributed by atoms with Crippen LogP contribution in [0.3, 0.4) is 0 Å². The van der Waals surface area contributed by atoms with Crippen LogP contribution < -0.4 is 0 Å². The third-order valence-corrected chi connectivity index (χ3v) is 11.6. The van der Waals surface area contributed by atoms with Gasteiger partial charge in [-0.3, -0.25) is 0 Å². The van der Waals surface area contributed by atoms with Crippen LogP contribution >= 0.6 is 22.7 Å². The second-order valence-corrected chi connectivity index (χ2v) is 12.4. The van der Waals surface area contributed by atoms with Crippen molar-refractivity contribution >= 4 is 37.8 Å². The van der Waals surface area contributed by atoms with E-state index in [-0.39, 0.29) is 29.0 Å². The molecular formula is C28H11F6N3S2. The molecule has 192 valence electrons. The van der Waals surface area contributed by atoms with Crippen LogP contribution in [0.15, 0.2) is 41.4 Å². The first-order valence-corrected chi connectivity index (χ1v) is 13.5. The molecule has 2 heterocycles. The third kappa shape index (κ3) is 2.52. The molecule has 0 amide bonds. The van der Waals surface area contributed by atoms with Crippen molar-refractivity contribution in [2.24, 2.45) is 16.3 Å². The summed E-state index contributed by atoms with van der Waals surface area (Å²) < 4.78 is 83.2. The first-order valence-electron chi connectivity index (χ1n) is 11.9. The monoisotopic (exact) mass is 567 g/mol. The lowest BCUT2D eigenvalue weighted by Crippen LogP contribution is -2.21.